The fraction of sp³-hybridized carbons (Fsp3) is 0.429. The van der Waals surface area contributed by atoms with E-state index in [2.05, 4.69) is 15.6 Å². The molecule has 19 heavy (non-hydrogen) atoms. The Morgan fingerprint density at radius 3 is 2.95 bits per heavy atom. The van der Waals surface area contributed by atoms with Gasteiger partial charge in [0.25, 0.3) is 0 Å². The Bertz CT molecular complexity index is 566. The summed E-state index contributed by atoms with van der Waals surface area (Å²) in [4.78, 5) is 15.8. The topological polar surface area (TPSA) is 44.1 Å². The molecule has 0 unspecified atom stereocenters. The van der Waals surface area contributed by atoms with Gasteiger partial charge in [-0.15, -0.1) is 11.8 Å². The molecule has 102 valence electrons. The molecular weight excluding hydrogens is 260 g/mol. The molecule has 1 aromatic heterocycles. The van der Waals surface area contributed by atoms with Crippen LogP contribution in [0.25, 0.3) is 11.0 Å². The van der Waals surface area contributed by atoms with Gasteiger partial charge in [0.05, 0.1) is 23.4 Å². The molecule has 0 N–H and O–H groups in total. The zero-order valence-corrected chi connectivity index (χ0v) is 12.1. The first-order valence-electron chi connectivity index (χ1n) is 6.36. The highest BCUT2D eigenvalue weighted by Gasteiger charge is 2.07. The van der Waals surface area contributed by atoms with Crippen LogP contribution >= 0.6 is 11.8 Å². The maximum absolute atomic E-state index is 11.2. The van der Waals surface area contributed by atoms with Crippen LogP contribution < -0.4 is 0 Å². The van der Waals surface area contributed by atoms with Gasteiger partial charge in [0.1, 0.15) is 5.82 Å². The molecule has 0 aliphatic rings. The summed E-state index contributed by atoms with van der Waals surface area (Å²) in [6, 6.07) is 8.10. The molecule has 0 saturated heterocycles. The highest BCUT2D eigenvalue weighted by Crippen LogP contribution is 2.15. The van der Waals surface area contributed by atoms with Crippen molar-refractivity contribution in [2.24, 2.45) is 7.05 Å². The van der Waals surface area contributed by atoms with Crippen molar-refractivity contribution in [3.63, 3.8) is 0 Å². The average Bonchev–Trinajstić information content (AvgIpc) is 2.73. The van der Waals surface area contributed by atoms with Crippen molar-refractivity contribution in [2.75, 3.05) is 18.1 Å². The molecule has 1 heterocycles. The second-order valence-electron chi connectivity index (χ2n) is 4.18. The number of esters is 1. The number of thioether (sulfide) groups is 1. The van der Waals surface area contributed by atoms with Gasteiger partial charge in [-0.2, -0.15) is 0 Å². The molecular formula is C14H18N2O2S. The number of ether oxygens (including phenoxy) is 1. The Morgan fingerprint density at radius 1 is 1.42 bits per heavy atom. The predicted octanol–water partition coefficient (Wildman–Crippen LogP) is 2.41. The Hall–Kier alpha value is -1.49. The third kappa shape index (κ3) is 3.50. The molecule has 0 fully saturated rings. The predicted molar refractivity (Wildman–Crippen MR) is 78.4 cm³/mol. The third-order valence-corrected chi connectivity index (χ3v) is 3.81. The van der Waals surface area contributed by atoms with Crippen molar-refractivity contribution in [2.45, 2.75) is 13.3 Å². The van der Waals surface area contributed by atoms with Gasteiger partial charge in [0.15, 0.2) is 0 Å². The fourth-order valence-corrected chi connectivity index (χ4v) is 2.66. The molecule has 2 aromatic rings. The average molecular weight is 278 g/mol. The van der Waals surface area contributed by atoms with Crippen LogP contribution in [-0.4, -0.2) is 33.6 Å². The molecule has 4 nitrogen and oxygen atoms in total. The number of hydrogen-bond acceptors (Lipinski definition) is 4. The summed E-state index contributed by atoms with van der Waals surface area (Å²) >= 11 is 1.59. The van der Waals surface area contributed by atoms with Crippen LogP contribution in [0.5, 0.6) is 0 Å². The first-order chi connectivity index (χ1) is 9.22. The van der Waals surface area contributed by atoms with Crippen molar-refractivity contribution < 1.29 is 9.53 Å². The lowest BCUT2D eigenvalue weighted by Crippen LogP contribution is -2.08. The van der Waals surface area contributed by atoms with Crippen LogP contribution in [-0.2, 0) is 23.0 Å². The van der Waals surface area contributed by atoms with Crippen LogP contribution in [0, 0.1) is 0 Å². The van der Waals surface area contributed by atoms with Crippen LogP contribution in [0.15, 0.2) is 24.3 Å². The van der Waals surface area contributed by atoms with Crippen LogP contribution in [0.3, 0.4) is 0 Å². The van der Waals surface area contributed by atoms with Crippen LogP contribution in [0.4, 0.5) is 0 Å². The lowest BCUT2D eigenvalue weighted by atomic mass is 10.3. The summed E-state index contributed by atoms with van der Waals surface area (Å²) in [5.74, 6) is 2.20. The highest BCUT2D eigenvalue weighted by atomic mass is 32.2. The van der Waals surface area contributed by atoms with E-state index in [-0.39, 0.29) is 5.97 Å². The number of hydrogen-bond donors (Lipinski definition) is 0. The number of aromatic nitrogens is 2. The number of para-hydroxylation sites is 2. The Morgan fingerprint density at radius 2 is 2.21 bits per heavy atom. The zero-order valence-electron chi connectivity index (χ0n) is 11.3. The lowest BCUT2D eigenvalue weighted by molar-refractivity contribution is -0.139. The van der Waals surface area contributed by atoms with Crippen molar-refractivity contribution in [1.82, 2.24) is 9.55 Å². The second-order valence-corrected chi connectivity index (χ2v) is 5.29. The standard InChI is InChI=1S/C14H18N2O2S/c1-3-18-14(17)10-19-9-8-13-15-11-6-4-5-7-12(11)16(13)2/h4-7H,3,8-10H2,1-2H3. The molecule has 0 spiro atoms. The molecule has 0 radical (unpaired) electrons. The fourth-order valence-electron chi connectivity index (χ4n) is 1.94. The van der Waals surface area contributed by atoms with E-state index in [9.17, 15) is 4.79 Å². The van der Waals surface area contributed by atoms with Crippen molar-refractivity contribution in [1.29, 1.82) is 0 Å². The molecule has 5 heteroatoms. The van der Waals surface area contributed by atoms with Crippen LogP contribution in [0.2, 0.25) is 0 Å². The smallest absolute Gasteiger partial charge is 0.315 e. The molecule has 0 aliphatic carbocycles. The van der Waals surface area contributed by atoms with Gasteiger partial charge >= 0.3 is 5.97 Å². The quantitative estimate of drug-likeness (QED) is 0.601. The third-order valence-electron chi connectivity index (χ3n) is 2.88. The number of carbonyl (C=O) groups is 1. The highest BCUT2D eigenvalue weighted by molar-refractivity contribution is 7.99. The number of carbonyl (C=O) groups excluding carboxylic acids is 1. The number of fused-ring (bicyclic) bond motifs is 1. The summed E-state index contributed by atoms with van der Waals surface area (Å²) in [7, 11) is 2.03. The largest absolute Gasteiger partial charge is 0.465 e. The van der Waals surface area contributed by atoms with E-state index in [1.165, 1.54) is 0 Å². The van der Waals surface area contributed by atoms with E-state index >= 15 is 0 Å². The summed E-state index contributed by atoms with van der Waals surface area (Å²) in [6.45, 7) is 2.27. The lowest BCUT2D eigenvalue weighted by Gasteiger charge is -2.03. The van der Waals surface area contributed by atoms with Crippen molar-refractivity contribution in [3.05, 3.63) is 30.1 Å². The number of nitrogens with zero attached hydrogens (tertiary/aromatic N) is 2. The summed E-state index contributed by atoms with van der Waals surface area (Å²) in [5, 5.41) is 0. The number of aryl methyl sites for hydroxylation is 2. The minimum absolute atomic E-state index is 0.141. The minimum atomic E-state index is -0.141. The number of imidazole rings is 1. The van der Waals surface area contributed by atoms with E-state index in [4.69, 9.17) is 4.74 Å². The minimum Gasteiger partial charge on any atom is -0.465 e. The molecule has 1 aromatic carbocycles. The maximum Gasteiger partial charge on any atom is 0.315 e. The van der Waals surface area contributed by atoms with Crippen LogP contribution in [0.1, 0.15) is 12.7 Å². The van der Waals surface area contributed by atoms with Gasteiger partial charge in [-0.25, -0.2) is 4.98 Å². The van der Waals surface area contributed by atoms with E-state index in [1.54, 1.807) is 11.8 Å². The van der Waals surface area contributed by atoms with E-state index in [0.29, 0.717) is 12.4 Å². The van der Waals surface area contributed by atoms with Gasteiger partial charge in [0.2, 0.25) is 0 Å². The summed E-state index contributed by atoms with van der Waals surface area (Å²) in [6.07, 6.45) is 0.856. The van der Waals surface area contributed by atoms with E-state index < -0.39 is 0 Å². The normalized spacial score (nSPS) is 10.8. The molecule has 0 saturated carbocycles. The number of rotatable bonds is 6. The zero-order chi connectivity index (χ0) is 13.7. The maximum atomic E-state index is 11.2. The van der Waals surface area contributed by atoms with Crippen molar-refractivity contribution >= 4 is 28.8 Å². The second kappa shape index (κ2) is 6.61. The van der Waals surface area contributed by atoms with E-state index in [1.807, 2.05) is 32.2 Å². The Kier molecular flexibility index (Phi) is 4.85. The molecule has 2 rings (SSSR count). The van der Waals surface area contributed by atoms with Gasteiger partial charge in [0, 0.05) is 19.2 Å². The Labute approximate surface area is 117 Å². The van der Waals surface area contributed by atoms with Gasteiger partial charge < -0.3 is 9.30 Å². The number of benzene rings is 1. The molecule has 0 aliphatic heterocycles. The van der Waals surface area contributed by atoms with Gasteiger partial charge in [-0.3, -0.25) is 4.79 Å². The first-order valence-corrected chi connectivity index (χ1v) is 7.51. The molecule has 0 amide bonds. The SMILES string of the molecule is CCOC(=O)CSCCc1nc2ccccc2n1C. The Balaban J connectivity index is 1.88. The molecule has 0 bridgehead atoms. The molecule has 0 atom stereocenters. The van der Waals surface area contributed by atoms with Gasteiger partial charge in [-0.05, 0) is 19.1 Å². The summed E-state index contributed by atoms with van der Waals surface area (Å²) in [5.41, 5.74) is 2.17. The van der Waals surface area contributed by atoms with Crippen molar-refractivity contribution in [3.8, 4) is 0 Å². The monoisotopic (exact) mass is 278 g/mol. The summed E-state index contributed by atoms with van der Waals surface area (Å²) < 4.78 is 7.00. The van der Waals surface area contributed by atoms with Gasteiger partial charge in [-0.1, -0.05) is 12.1 Å². The first kappa shape index (κ1) is 13.9. The van der Waals surface area contributed by atoms with E-state index in [0.717, 1.165) is 29.0 Å².